The normalized spacial score (nSPS) is 10.8. The highest BCUT2D eigenvalue weighted by Gasteiger charge is 2.04. The number of ether oxygens (including phenoxy) is 1. The summed E-state index contributed by atoms with van der Waals surface area (Å²) in [7, 11) is 0. The van der Waals surface area contributed by atoms with Crippen molar-refractivity contribution in [3.63, 3.8) is 0 Å². The van der Waals surface area contributed by atoms with E-state index >= 15 is 0 Å². The minimum atomic E-state index is -0.235. The predicted octanol–water partition coefficient (Wildman–Crippen LogP) is 1.50. The van der Waals surface area contributed by atoms with Gasteiger partial charge in [0, 0.05) is 29.8 Å². The summed E-state index contributed by atoms with van der Waals surface area (Å²) in [6.45, 7) is 3.08. The summed E-state index contributed by atoms with van der Waals surface area (Å²) in [5.74, 6) is -0.235. The summed E-state index contributed by atoms with van der Waals surface area (Å²) in [5, 5.41) is 3.07. The fraction of sp³-hybridized carbons (Fsp3) is 0.357. The molecule has 0 fully saturated rings. The molecule has 0 atom stereocenters. The molecule has 0 amide bonds. The molecule has 0 aliphatic heterocycles. The largest absolute Gasteiger partial charge is 0.466 e. The van der Waals surface area contributed by atoms with Crippen LogP contribution < -0.4 is 10.9 Å². The van der Waals surface area contributed by atoms with Crippen LogP contribution in [0.15, 0.2) is 33.7 Å². The molecule has 2 aromatic heterocycles. The zero-order chi connectivity index (χ0) is 15.2. The quantitative estimate of drug-likeness (QED) is 0.629. The number of halogens is 1. The first-order valence-corrected chi connectivity index (χ1v) is 7.43. The number of pyridine rings is 1. The van der Waals surface area contributed by atoms with Gasteiger partial charge in [-0.1, -0.05) is 0 Å². The molecular formula is C14H16BrN3O3. The molecule has 2 heterocycles. The van der Waals surface area contributed by atoms with Crippen molar-refractivity contribution in [1.29, 1.82) is 0 Å². The van der Waals surface area contributed by atoms with E-state index in [1.54, 1.807) is 19.2 Å². The van der Waals surface area contributed by atoms with Gasteiger partial charge >= 0.3 is 5.97 Å². The van der Waals surface area contributed by atoms with E-state index in [0.717, 1.165) is 4.47 Å². The average Bonchev–Trinajstić information content (AvgIpc) is 2.45. The standard InChI is InChI=1S/C14H16BrN3O3/c1-2-21-14(20)5-6-16-8-11-7-13(19)18-9-10(15)3-4-12(18)17-11/h3-4,7,9,16H,2,5-6,8H2,1H3. The lowest BCUT2D eigenvalue weighted by Gasteiger charge is -2.06. The molecular weight excluding hydrogens is 338 g/mol. The van der Waals surface area contributed by atoms with Crippen LogP contribution in [0.1, 0.15) is 19.0 Å². The van der Waals surface area contributed by atoms with Crippen LogP contribution in [-0.4, -0.2) is 28.5 Å². The number of carbonyl (C=O) groups excluding carboxylic acids is 1. The Balaban J connectivity index is 1.98. The number of hydrogen-bond donors (Lipinski definition) is 1. The van der Waals surface area contributed by atoms with E-state index in [-0.39, 0.29) is 11.5 Å². The number of nitrogens with zero attached hydrogens (tertiary/aromatic N) is 2. The second kappa shape index (κ2) is 7.33. The monoisotopic (exact) mass is 353 g/mol. The summed E-state index contributed by atoms with van der Waals surface area (Å²) in [6, 6.07) is 5.09. The van der Waals surface area contributed by atoms with Crippen molar-refractivity contribution in [2.24, 2.45) is 0 Å². The maximum Gasteiger partial charge on any atom is 0.307 e. The number of esters is 1. The predicted molar refractivity (Wildman–Crippen MR) is 82.1 cm³/mol. The van der Waals surface area contributed by atoms with E-state index in [1.807, 2.05) is 6.07 Å². The Hall–Kier alpha value is -1.73. The van der Waals surface area contributed by atoms with Gasteiger partial charge in [0.1, 0.15) is 5.65 Å². The second-order valence-corrected chi connectivity index (χ2v) is 5.31. The Morgan fingerprint density at radius 2 is 2.29 bits per heavy atom. The van der Waals surface area contributed by atoms with E-state index in [0.29, 0.717) is 37.5 Å². The molecule has 6 nitrogen and oxygen atoms in total. The van der Waals surface area contributed by atoms with Crippen molar-refractivity contribution in [3.8, 4) is 0 Å². The van der Waals surface area contributed by atoms with Gasteiger partial charge in [-0.05, 0) is 35.0 Å². The molecule has 0 spiro atoms. The number of hydrogen-bond acceptors (Lipinski definition) is 5. The average molecular weight is 354 g/mol. The summed E-state index contributed by atoms with van der Waals surface area (Å²) < 4.78 is 7.13. The van der Waals surface area contributed by atoms with Crippen LogP contribution in [0, 0.1) is 0 Å². The highest BCUT2D eigenvalue weighted by Crippen LogP contribution is 2.09. The van der Waals surface area contributed by atoms with Gasteiger partial charge in [0.25, 0.3) is 5.56 Å². The Kier molecular flexibility index (Phi) is 5.46. The van der Waals surface area contributed by atoms with Gasteiger partial charge in [-0.25, -0.2) is 4.98 Å². The molecule has 112 valence electrons. The number of nitrogens with one attached hydrogen (secondary N) is 1. The van der Waals surface area contributed by atoms with E-state index in [2.05, 4.69) is 26.2 Å². The fourth-order valence-electron chi connectivity index (χ4n) is 1.86. The molecule has 0 aliphatic rings. The van der Waals surface area contributed by atoms with Crippen molar-refractivity contribution < 1.29 is 9.53 Å². The first-order chi connectivity index (χ1) is 10.1. The van der Waals surface area contributed by atoms with Gasteiger partial charge < -0.3 is 10.1 Å². The van der Waals surface area contributed by atoms with Crippen molar-refractivity contribution >= 4 is 27.5 Å². The van der Waals surface area contributed by atoms with Crippen molar-refractivity contribution in [3.05, 3.63) is 44.9 Å². The second-order valence-electron chi connectivity index (χ2n) is 4.39. The molecule has 0 radical (unpaired) electrons. The molecule has 0 saturated heterocycles. The smallest absolute Gasteiger partial charge is 0.307 e. The zero-order valence-electron chi connectivity index (χ0n) is 11.6. The van der Waals surface area contributed by atoms with E-state index < -0.39 is 0 Å². The molecule has 0 aliphatic carbocycles. The Morgan fingerprint density at radius 3 is 3.05 bits per heavy atom. The maximum atomic E-state index is 12.0. The van der Waals surface area contributed by atoms with E-state index in [9.17, 15) is 9.59 Å². The summed E-state index contributed by atoms with van der Waals surface area (Å²) >= 11 is 3.32. The molecule has 1 N–H and O–H groups in total. The molecule has 0 unspecified atom stereocenters. The van der Waals surface area contributed by atoms with Crippen molar-refractivity contribution in [2.75, 3.05) is 13.2 Å². The number of fused-ring (bicyclic) bond motifs is 1. The van der Waals surface area contributed by atoms with E-state index in [4.69, 9.17) is 4.74 Å². The van der Waals surface area contributed by atoms with Gasteiger partial charge in [0.05, 0.1) is 18.7 Å². The lowest BCUT2D eigenvalue weighted by atomic mass is 10.3. The van der Waals surface area contributed by atoms with Crippen LogP contribution >= 0.6 is 15.9 Å². The van der Waals surface area contributed by atoms with Crippen molar-refractivity contribution in [1.82, 2.24) is 14.7 Å². The third kappa shape index (κ3) is 4.37. The van der Waals surface area contributed by atoms with Crippen LogP contribution in [0.3, 0.4) is 0 Å². The van der Waals surface area contributed by atoms with Gasteiger partial charge in [-0.2, -0.15) is 0 Å². The van der Waals surface area contributed by atoms with Crippen LogP contribution in [0.2, 0.25) is 0 Å². The molecule has 2 aromatic rings. The van der Waals surface area contributed by atoms with Gasteiger partial charge in [0.2, 0.25) is 0 Å². The first kappa shape index (κ1) is 15.7. The minimum absolute atomic E-state index is 0.136. The Bertz CT molecular complexity index is 699. The summed E-state index contributed by atoms with van der Waals surface area (Å²) in [5.41, 5.74) is 1.10. The molecule has 7 heteroatoms. The molecule has 0 bridgehead atoms. The highest BCUT2D eigenvalue weighted by atomic mass is 79.9. The SMILES string of the molecule is CCOC(=O)CCNCc1cc(=O)n2cc(Br)ccc2n1. The van der Waals surface area contributed by atoms with Crippen LogP contribution in [-0.2, 0) is 16.1 Å². The van der Waals surface area contributed by atoms with E-state index in [1.165, 1.54) is 10.5 Å². The minimum Gasteiger partial charge on any atom is -0.466 e. The third-order valence-corrected chi connectivity index (χ3v) is 3.26. The summed E-state index contributed by atoms with van der Waals surface area (Å²) in [6.07, 6.45) is 1.98. The van der Waals surface area contributed by atoms with Crippen LogP contribution in [0.25, 0.3) is 5.65 Å². The lowest BCUT2D eigenvalue weighted by Crippen LogP contribution is -2.22. The highest BCUT2D eigenvalue weighted by molar-refractivity contribution is 9.10. The Labute approximate surface area is 130 Å². The number of rotatable bonds is 6. The van der Waals surface area contributed by atoms with Crippen LogP contribution in [0.5, 0.6) is 0 Å². The molecule has 21 heavy (non-hydrogen) atoms. The fourth-order valence-corrected chi connectivity index (χ4v) is 2.19. The molecule has 2 rings (SSSR count). The molecule has 0 aromatic carbocycles. The lowest BCUT2D eigenvalue weighted by molar-refractivity contribution is -0.142. The maximum absolute atomic E-state index is 12.0. The zero-order valence-corrected chi connectivity index (χ0v) is 13.2. The van der Waals surface area contributed by atoms with Gasteiger partial charge in [-0.15, -0.1) is 0 Å². The topological polar surface area (TPSA) is 72.7 Å². The third-order valence-electron chi connectivity index (χ3n) is 2.79. The Morgan fingerprint density at radius 1 is 1.48 bits per heavy atom. The van der Waals surface area contributed by atoms with Gasteiger partial charge in [0.15, 0.2) is 0 Å². The number of carbonyl (C=O) groups is 1. The molecule has 0 saturated carbocycles. The van der Waals surface area contributed by atoms with Crippen molar-refractivity contribution in [2.45, 2.75) is 19.9 Å². The van der Waals surface area contributed by atoms with Gasteiger partial charge in [-0.3, -0.25) is 14.0 Å². The summed E-state index contributed by atoms with van der Waals surface area (Å²) in [4.78, 5) is 27.6. The first-order valence-electron chi connectivity index (χ1n) is 6.64. The number of aromatic nitrogens is 2. The van der Waals surface area contributed by atoms with Crippen LogP contribution in [0.4, 0.5) is 0 Å².